The zero-order valence-corrected chi connectivity index (χ0v) is 14.0. The maximum Gasteiger partial charge on any atom is 0.231 e. The van der Waals surface area contributed by atoms with Gasteiger partial charge in [-0.3, -0.25) is 0 Å². The standard InChI is InChI=1S/C16H13BrO4S/c17-12-7-16-14(20-9-21-16)5-10(12)8-22-11-1-2-13-15(6-11)19-4-3-18-13/h1-2,5-7H,3-4,8-9H2. The minimum atomic E-state index is 0.292. The number of rotatable bonds is 3. The van der Waals surface area contributed by atoms with E-state index in [1.165, 1.54) is 5.56 Å². The molecule has 0 radical (unpaired) electrons. The summed E-state index contributed by atoms with van der Waals surface area (Å²) in [5.74, 6) is 4.07. The van der Waals surface area contributed by atoms with E-state index in [0.29, 0.717) is 20.0 Å². The quantitative estimate of drug-likeness (QED) is 0.744. The molecule has 2 aromatic rings. The van der Waals surface area contributed by atoms with Crippen LogP contribution in [0.5, 0.6) is 23.0 Å². The van der Waals surface area contributed by atoms with Crippen LogP contribution in [0, 0.1) is 0 Å². The van der Waals surface area contributed by atoms with Gasteiger partial charge in [-0.1, -0.05) is 15.9 Å². The number of hydrogen-bond donors (Lipinski definition) is 0. The van der Waals surface area contributed by atoms with Crippen LogP contribution in [0.4, 0.5) is 0 Å². The maximum atomic E-state index is 5.62. The van der Waals surface area contributed by atoms with Gasteiger partial charge in [0, 0.05) is 15.1 Å². The fourth-order valence-corrected chi connectivity index (χ4v) is 3.91. The molecule has 0 amide bonds. The third kappa shape index (κ3) is 2.73. The van der Waals surface area contributed by atoms with E-state index in [4.69, 9.17) is 18.9 Å². The fourth-order valence-electron chi connectivity index (χ4n) is 2.34. The topological polar surface area (TPSA) is 36.9 Å². The van der Waals surface area contributed by atoms with Gasteiger partial charge < -0.3 is 18.9 Å². The molecule has 0 aromatic heterocycles. The lowest BCUT2D eigenvalue weighted by atomic mass is 10.2. The van der Waals surface area contributed by atoms with Crippen LogP contribution >= 0.6 is 27.7 Å². The average Bonchev–Trinajstić information content (AvgIpc) is 2.99. The van der Waals surface area contributed by atoms with Gasteiger partial charge in [0.25, 0.3) is 0 Å². The molecule has 0 atom stereocenters. The largest absolute Gasteiger partial charge is 0.486 e. The summed E-state index contributed by atoms with van der Waals surface area (Å²) >= 11 is 5.33. The monoisotopic (exact) mass is 380 g/mol. The molecular formula is C16H13BrO4S. The first kappa shape index (κ1) is 14.1. The fraction of sp³-hybridized carbons (Fsp3) is 0.250. The van der Waals surface area contributed by atoms with Crippen molar-refractivity contribution in [3.05, 3.63) is 40.4 Å². The van der Waals surface area contributed by atoms with Gasteiger partial charge >= 0.3 is 0 Å². The average molecular weight is 381 g/mol. The molecular weight excluding hydrogens is 368 g/mol. The van der Waals surface area contributed by atoms with E-state index in [1.807, 2.05) is 24.3 Å². The van der Waals surface area contributed by atoms with E-state index in [2.05, 4.69) is 22.0 Å². The van der Waals surface area contributed by atoms with Crippen LogP contribution in [-0.4, -0.2) is 20.0 Å². The van der Waals surface area contributed by atoms with Crippen molar-refractivity contribution < 1.29 is 18.9 Å². The van der Waals surface area contributed by atoms with Crippen LogP contribution in [0.15, 0.2) is 39.7 Å². The Labute approximate surface area is 140 Å². The Morgan fingerprint density at radius 2 is 1.59 bits per heavy atom. The molecule has 0 unspecified atom stereocenters. The summed E-state index contributed by atoms with van der Waals surface area (Å²) in [5, 5.41) is 0. The van der Waals surface area contributed by atoms with Crippen LogP contribution in [0.3, 0.4) is 0 Å². The normalized spacial score (nSPS) is 15.0. The third-order valence-corrected chi connectivity index (χ3v) is 5.23. The summed E-state index contributed by atoms with van der Waals surface area (Å²) in [6.45, 7) is 1.51. The summed E-state index contributed by atoms with van der Waals surface area (Å²) in [7, 11) is 0. The highest BCUT2D eigenvalue weighted by Crippen LogP contribution is 2.40. The van der Waals surface area contributed by atoms with Crippen LogP contribution in [-0.2, 0) is 5.75 Å². The molecule has 2 aliphatic heterocycles. The first-order valence-corrected chi connectivity index (χ1v) is 8.68. The molecule has 4 rings (SSSR count). The molecule has 2 aliphatic rings. The highest BCUT2D eigenvalue weighted by atomic mass is 79.9. The van der Waals surface area contributed by atoms with Gasteiger partial charge in [-0.2, -0.15) is 0 Å². The van der Waals surface area contributed by atoms with Crippen LogP contribution < -0.4 is 18.9 Å². The summed E-state index contributed by atoms with van der Waals surface area (Å²) in [6.07, 6.45) is 0. The highest BCUT2D eigenvalue weighted by molar-refractivity contribution is 9.10. The number of ether oxygens (including phenoxy) is 4. The predicted octanol–water partition coefficient (Wildman–Crippen LogP) is 4.24. The summed E-state index contributed by atoms with van der Waals surface area (Å²) in [6, 6.07) is 10.0. The number of fused-ring (bicyclic) bond motifs is 2. The van der Waals surface area contributed by atoms with E-state index in [9.17, 15) is 0 Å². The summed E-state index contributed by atoms with van der Waals surface area (Å²) in [5.41, 5.74) is 1.17. The van der Waals surface area contributed by atoms with Crippen molar-refractivity contribution >= 4 is 27.7 Å². The van der Waals surface area contributed by atoms with Gasteiger partial charge in [0.2, 0.25) is 6.79 Å². The van der Waals surface area contributed by atoms with Gasteiger partial charge in [0.15, 0.2) is 23.0 Å². The molecule has 114 valence electrons. The maximum absolute atomic E-state index is 5.62. The van der Waals surface area contributed by atoms with Gasteiger partial charge in [0.1, 0.15) is 13.2 Å². The predicted molar refractivity (Wildman–Crippen MR) is 87.3 cm³/mol. The van der Waals surface area contributed by atoms with Crippen molar-refractivity contribution in [2.75, 3.05) is 20.0 Å². The zero-order valence-electron chi connectivity index (χ0n) is 11.6. The molecule has 0 spiro atoms. The SMILES string of the molecule is Brc1cc2c(cc1CSc1ccc3c(c1)OCCO3)OCO2. The first-order valence-electron chi connectivity index (χ1n) is 6.90. The first-order chi connectivity index (χ1) is 10.8. The van der Waals surface area contributed by atoms with Crippen molar-refractivity contribution in [3.8, 4) is 23.0 Å². The Balaban J connectivity index is 1.51. The van der Waals surface area contributed by atoms with Gasteiger partial charge in [-0.05, 0) is 35.9 Å². The second-order valence-electron chi connectivity index (χ2n) is 4.89. The van der Waals surface area contributed by atoms with Crippen LogP contribution in [0.1, 0.15) is 5.56 Å². The number of hydrogen-bond acceptors (Lipinski definition) is 5. The van der Waals surface area contributed by atoms with E-state index >= 15 is 0 Å². The molecule has 22 heavy (non-hydrogen) atoms. The molecule has 6 heteroatoms. The van der Waals surface area contributed by atoms with Crippen molar-refractivity contribution in [1.29, 1.82) is 0 Å². The van der Waals surface area contributed by atoms with E-state index in [-0.39, 0.29) is 0 Å². The number of benzene rings is 2. The van der Waals surface area contributed by atoms with E-state index < -0.39 is 0 Å². The Bertz CT molecular complexity index is 720. The second-order valence-corrected chi connectivity index (χ2v) is 6.79. The van der Waals surface area contributed by atoms with Crippen LogP contribution in [0.2, 0.25) is 0 Å². The summed E-state index contributed by atoms with van der Waals surface area (Å²) < 4.78 is 23.0. The molecule has 0 bridgehead atoms. The number of thioether (sulfide) groups is 1. The molecule has 2 aromatic carbocycles. The van der Waals surface area contributed by atoms with Gasteiger partial charge in [-0.25, -0.2) is 0 Å². The van der Waals surface area contributed by atoms with Crippen molar-refractivity contribution in [2.24, 2.45) is 0 Å². The Morgan fingerprint density at radius 3 is 2.45 bits per heavy atom. The lowest BCUT2D eigenvalue weighted by Gasteiger charge is -2.18. The Morgan fingerprint density at radius 1 is 0.864 bits per heavy atom. The van der Waals surface area contributed by atoms with Crippen molar-refractivity contribution in [3.63, 3.8) is 0 Å². The molecule has 0 saturated heterocycles. The molecule has 0 fully saturated rings. The van der Waals surface area contributed by atoms with Crippen LogP contribution in [0.25, 0.3) is 0 Å². The molecule has 4 nitrogen and oxygen atoms in total. The molecule has 0 saturated carbocycles. The Kier molecular flexibility index (Phi) is 3.80. The lowest BCUT2D eigenvalue weighted by Crippen LogP contribution is -2.15. The third-order valence-electron chi connectivity index (χ3n) is 3.45. The second kappa shape index (κ2) is 5.93. The van der Waals surface area contributed by atoms with Crippen molar-refractivity contribution in [2.45, 2.75) is 10.6 Å². The minimum Gasteiger partial charge on any atom is -0.486 e. The molecule has 0 N–H and O–H groups in total. The van der Waals surface area contributed by atoms with Gasteiger partial charge in [-0.15, -0.1) is 11.8 Å². The minimum absolute atomic E-state index is 0.292. The number of halogens is 1. The Hall–Kier alpha value is -1.53. The smallest absolute Gasteiger partial charge is 0.231 e. The molecule has 2 heterocycles. The highest BCUT2D eigenvalue weighted by Gasteiger charge is 2.17. The van der Waals surface area contributed by atoms with E-state index in [1.54, 1.807) is 11.8 Å². The van der Waals surface area contributed by atoms with Gasteiger partial charge in [0.05, 0.1) is 0 Å². The van der Waals surface area contributed by atoms with Crippen molar-refractivity contribution in [1.82, 2.24) is 0 Å². The summed E-state index contributed by atoms with van der Waals surface area (Å²) in [4.78, 5) is 1.15. The van der Waals surface area contributed by atoms with E-state index in [0.717, 1.165) is 38.1 Å². The zero-order chi connectivity index (χ0) is 14.9. The lowest BCUT2D eigenvalue weighted by molar-refractivity contribution is 0.171. The molecule has 0 aliphatic carbocycles.